The predicted octanol–water partition coefficient (Wildman–Crippen LogP) is 7.82. The number of aryl methyl sites for hydroxylation is 2. The standard InChI is InChI=1S/C35H30N3O2.Pt/c1-21-10-7-11-22(2)31(21)38-32-26-15-5-6-16-27(26)35(3,4)33(32)37-34(38)24-13-8-14-25(20-24)40-29-19-18-23-12-9-17-28(39)30(23)36-29;/h5-19,32-33,39H,1-4H3;/q-1;/t32-,33+;/m0./s1. The Bertz CT molecular complexity index is 1810. The predicted molar refractivity (Wildman–Crippen MR) is 160 cm³/mol. The molecule has 0 fully saturated rings. The normalized spacial score (nSPS) is 18.4. The van der Waals surface area contributed by atoms with Gasteiger partial charge in [-0.2, -0.15) is 0 Å². The molecule has 6 heteroatoms. The quantitative estimate of drug-likeness (QED) is 0.193. The second-order valence-corrected chi connectivity index (χ2v) is 11.3. The van der Waals surface area contributed by atoms with Crippen molar-refractivity contribution in [1.82, 2.24) is 4.98 Å². The van der Waals surface area contributed by atoms with Crippen LogP contribution in [0, 0.1) is 19.9 Å². The monoisotopic (exact) mass is 719 g/mol. The van der Waals surface area contributed by atoms with Gasteiger partial charge in [0.2, 0.25) is 5.88 Å². The average Bonchev–Trinajstić information content (AvgIpc) is 3.44. The number of pyridine rings is 1. The Balaban J connectivity index is 0.00000302. The fourth-order valence-corrected chi connectivity index (χ4v) is 6.45. The van der Waals surface area contributed by atoms with Gasteiger partial charge < -0.3 is 19.7 Å². The molecule has 0 radical (unpaired) electrons. The van der Waals surface area contributed by atoms with Crippen molar-refractivity contribution in [2.24, 2.45) is 4.99 Å². The van der Waals surface area contributed by atoms with Gasteiger partial charge >= 0.3 is 0 Å². The minimum atomic E-state index is -0.122. The fraction of sp³-hybridized carbons (Fsp3) is 0.200. The van der Waals surface area contributed by atoms with Crippen LogP contribution >= 0.6 is 0 Å². The van der Waals surface area contributed by atoms with Crippen LogP contribution in [-0.4, -0.2) is 22.0 Å². The molecule has 0 spiro atoms. The van der Waals surface area contributed by atoms with E-state index in [0.29, 0.717) is 17.1 Å². The third-order valence-corrected chi connectivity index (χ3v) is 8.36. The van der Waals surface area contributed by atoms with Crippen LogP contribution in [0.5, 0.6) is 17.4 Å². The van der Waals surface area contributed by atoms with E-state index in [0.717, 1.165) is 16.8 Å². The Morgan fingerprint density at radius 3 is 2.39 bits per heavy atom. The number of aromatic hydroxyl groups is 1. The van der Waals surface area contributed by atoms with Crippen molar-refractivity contribution >= 4 is 22.4 Å². The summed E-state index contributed by atoms with van der Waals surface area (Å²) in [5.41, 5.74) is 7.54. The van der Waals surface area contributed by atoms with Crippen LogP contribution in [0.15, 0.2) is 96.0 Å². The second kappa shape index (κ2) is 10.2. The van der Waals surface area contributed by atoms with Gasteiger partial charge in [-0.1, -0.05) is 74.5 Å². The number of amidine groups is 1. The summed E-state index contributed by atoms with van der Waals surface area (Å²) in [5, 5.41) is 11.1. The minimum absolute atomic E-state index is 0. The molecule has 0 unspecified atom stereocenters. The van der Waals surface area contributed by atoms with Crippen molar-refractivity contribution in [3.05, 3.63) is 125 Å². The van der Waals surface area contributed by atoms with Crippen LogP contribution in [-0.2, 0) is 26.5 Å². The van der Waals surface area contributed by atoms with Crippen molar-refractivity contribution < 1.29 is 30.9 Å². The second-order valence-electron chi connectivity index (χ2n) is 11.3. The molecule has 5 aromatic rings. The number of benzene rings is 4. The first kappa shape index (κ1) is 27.2. The van der Waals surface area contributed by atoms with E-state index in [-0.39, 0.29) is 44.3 Å². The van der Waals surface area contributed by atoms with Gasteiger partial charge in [0.05, 0.1) is 17.9 Å². The van der Waals surface area contributed by atoms with Crippen molar-refractivity contribution in [3.63, 3.8) is 0 Å². The molecule has 1 aliphatic carbocycles. The zero-order chi connectivity index (χ0) is 27.6. The Kier molecular flexibility index (Phi) is 6.74. The van der Waals surface area contributed by atoms with Gasteiger partial charge in [0, 0.05) is 49.4 Å². The molecule has 41 heavy (non-hydrogen) atoms. The van der Waals surface area contributed by atoms with Gasteiger partial charge in [-0.15, -0.1) is 23.8 Å². The number of ether oxygens (including phenoxy) is 1. The molecule has 2 atom stereocenters. The van der Waals surface area contributed by atoms with Crippen molar-refractivity contribution in [1.29, 1.82) is 0 Å². The fourth-order valence-electron chi connectivity index (χ4n) is 6.45. The number of fused-ring (bicyclic) bond motifs is 4. The summed E-state index contributed by atoms with van der Waals surface area (Å²) in [6.07, 6.45) is 0. The molecule has 1 aromatic heterocycles. The summed E-state index contributed by atoms with van der Waals surface area (Å²) in [7, 11) is 0. The third-order valence-electron chi connectivity index (χ3n) is 8.36. The molecule has 208 valence electrons. The minimum Gasteiger partial charge on any atom is -0.506 e. The number of hydrogen-bond acceptors (Lipinski definition) is 5. The SMILES string of the molecule is Cc1cccc(C)c1N1C(c2[c-]c(Oc3ccc4cccc(O)c4n3)ccc2)=N[C@@H]2[C@@H]1c1ccccc1C2(C)C.[Pt]. The zero-order valence-corrected chi connectivity index (χ0v) is 25.6. The van der Waals surface area contributed by atoms with Crippen molar-refractivity contribution in [3.8, 4) is 17.4 Å². The smallest absolute Gasteiger partial charge is 0.217 e. The number of para-hydroxylation sites is 2. The van der Waals surface area contributed by atoms with E-state index in [4.69, 9.17) is 9.73 Å². The molecule has 2 heterocycles. The first-order valence-electron chi connectivity index (χ1n) is 13.6. The molecule has 4 aromatic carbocycles. The number of phenolic OH excluding ortho intramolecular Hbond substituents is 1. The van der Waals surface area contributed by atoms with Gasteiger partial charge in [0.25, 0.3) is 0 Å². The van der Waals surface area contributed by atoms with Crippen LogP contribution in [0.4, 0.5) is 5.69 Å². The molecule has 2 aliphatic rings. The van der Waals surface area contributed by atoms with E-state index in [9.17, 15) is 5.11 Å². The Labute approximate surface area is 254 Å². The Morgan fingerprint density at radius 2 is 1.59 bits per heavy atom. The molecule has 0 saturated heterocycles. The Hall–Kier alpha value is -3.95. The topological polar surface area (TPSA) is 58.0 Å². The third kappa shape index (κ3) is 4.35. The summed E-state index contributed by atoms with van der Waals surface area (Å²) < 4.78 is 6.17. The van der Waals surface area contributed by atoms with Crippen LogP contribution in [0.25, 0.3) is 10.9 Å². The van der Waals surface area contributed by atoms with Crippen LogP contribution in [0.2, 0.25) is 0 Å². The summed E-state index contributed by atoms with van der Waals surface area (Å²) in [6.45, 7) is 8.94. The first-order chi connectivity index (χ1) is 19.3. The van der Waals surface area contributed by atoms with E-state index < -0.39 is 0 Å². The summed E-state index contributed by atoms with van der Waals surface area (Å²) in [6, 6.07) is 33.8. The van der Waals surface area contributed by atoms with Gasteiger partial charge in [-0.05, 0) is 48.2 Å². The molecule has 0 saturated carbocycles. The summed E-state index contributed by atoms with van der Waals surface area (Å²) >= 11 is 0. The molecule has 0 amide bonds. The largest absolute Gasteiger partial charge is 0.506 e. The Morgan fingerprint density at radius 1 is 0.854 bits per heavy atom. The number of phenols is 1. The van der Waals surface area contributed by atoms with E-state index in [2.05, 4.69) is 86.1 Å². The number of aromatic nitrogens is 1. The van der Waals surface area contributed by atoms with E-state index >= 15 is 0 Å². The van der Waals surface area contributed by atoms with E-state index in [1.807, 2.05) is 36.4 Å². The van der Waals surface area contributed by atoms with Gasteiger partial charge in [0.15, 0.2) is 0 Å². The molecular weight excluding hydrogens is 689 g/mol. The van der Waals surface area contributed by atoms with Gasteiger partial charge in [-0.25, -0.2) is 4.98 Å². The molecule has 7 rings (SSSR count). The number of anilines is 1. The maximum Gasteiger partial charge on any atom is 0.217 e. The first-order valence-corrected chi connectivity index (χ1v) is 13.6. The summed E-state index contributed by atoms with van der Waals surface area (Å²) in [4.78, 5) is 12.4. The van der Waals surface area contributed by atoms with Crippen LogP contribution in [0.3, 0.4) is 0 Å². The van der Waals surface area contributed by atoms with Gasteiger partial charge in [-0.3, -0.25) is 0 Å². The molecule has 1 aliphatic heterocycles. The van der Waals surface area contributed by atoms with Crippen LogP contribution in [0.1, 0.15) is 47.7 Å². The maximum atomic E-state index is 10.3. The average molecular weight is 720 g/mol. The number of rotatable bonds is 4. The summed E-state index contributed by atoms with van der Waals surface area (Å²) in [5.74, 6) is 1.96. The number of hydrogen-bond donors (Lipinski definition) is 1. The maximum absolute atomic E-state index is 10.3. The van der Waals surface area contributed by atoms with E-state index in [1.54, 1.807) is 12.1 Å². The van der Waals surface area contributed by atoms with Crippen molar-refractivity contribution in [2.75, 3.05) is 4.90 Å². The van der Waals surface area contributed by atoms with E-state index in [1.165, 1.54) is 27.9 Å². The molecule has 0 bridgehead atoms. The molecule has 5 nitrogen and oxygen atoms in total. The number of nitrogens with zero attached hydrogens (tertiary/aromatic N) is 3. The van der Waals surface area contributed by atoms with Crippen molar-refractivity contribution in [2.45, 2.75) is 45.2 Å². The molecule has 1 N–H and O–H groups in total. The zero-order valence-electron chi connectivity index (χ0n) is 23.3. The van der Waals surface area contributed by atoms with Gasteiger partial charge in [0.1, 0.15) is 11.3 Å². The van der Waals surface area contributed by atoms with Crippen LogP contribution < -0.4 is 9.64 Å². The number of aliphatic imine (C=N–C) groups is 1. The molecular formula is C35H30N3O2Pt-.